The maximum absolute atomic E-state index is 12.7. The molecule has 1 aromatic carbocycles. The lowest BCUT2D eigenvalue weighted by atomic mass is 10.1. The number of thiophene rings is 1. The molecule has 0 N–H and O–H groups in total. The molecular formula is C24H24ClN3O4S. The molecule has 3 heterocycles. The highest BCUT2D eigenvalue weighted by atomic mass is 35.5. The highest BCUT2D eigenvalue weighted by molar-refractivity contribution is 7.20. The van der Waals surface area contributed by atoms with E-state index in [9.17, 15) is 9.59 Å². The average Bonchev–Trinajstić information content (AvgIpc) is 3.44. The molecule has 0 amide bonds. The number of aryl methyl sites for hydroxylation is 2. The van der Waals surface area contributed by atoms with Gasteiger partial charge in [0.25, 0.3) is 0 Å². The van der Waals surface area contributed by atoms with Crippen LogP contribution >= 0.6 is 22.9 Å². The van der Waals surface area contributed by atoms with E-state index in [1.54, 1.807) is 23.9 Å². The molecule has 0 radical (unpaired) electrons. The van der Waals surface area contributed by atoms with Gasteiger partial charge in [-0.3, -0.25) is 4.79 Å². The number of methoxy groups -OCH3 is 1. The number of carbonyl (C=O) groups excluding carboxylic acids is 2. The van der Waals surface area contributed by atoms with Crippen LogP contribution in [0.25, 0.3) is 15.9 Å². The smallest absolute Gasteiger partial charge is 0.348 e. The second-order valence-corrected chi connectivity index (χ2v) is 9.20. The van der Waals surface area contributed by atoms with Crippen molar-refractivity contribution in [3.8, 4) is 5.69 Å². The van der Waals surface area contributed by atoms with Crippen molar-refractivity contribution in [2.75, 3.05) is 20.3 Å². The summed E-state index contributed by atoms with van der Waals surface area (Å²) >= 11 is 7.40. The zero-order valence-corrected chi connectivity index (χ0v) is 20.4. The van der Waals surface area contributed by atoms with Gasteiger partial charge in [-0.15, -0.1) is 11.3 Å². The monoisotopic (exact) mass is 485 g/mol. The molecule has 4 rings (SSSR count). The summed E-state index contributed by atoms with van der Waals surface area (Å²) in [6.07, 6.45) is 0. The van der Waals surface area contributed by atoms with Gasteiger partial charge in [0.15, 0.2) is 6.61 Å². The number of aromatic nitrogens is 3. The molecular weight excluding hydrogens is 462 g/mol. The molecule has 0 bridgehead atoms. The van der Waals surface area contributed by atoms with Gasteiger partial charge in [-0.25, -0.2) is 9.48 Å². The van der Waals surface area contributed by atoms with Gasteiger partial charge in [-0.05, 0) is 51.1 Å². The van der Waals surface area contributed by atoms with Gasteiger partial charge in [-0.2, -0.15) is 5.10 Å². The van der Waals surface area contributed by atoms with Crippen molar-refractivity contribution in [2.45, 2.75) is 27.3 Å². The molecule has 0 atom stereocenters. The van der Waals surface area contributed by atoms with Crippen LogP contribution in [0.1, 0.15) is 37.1 Å². The van der Waals surface area contributed by atoms with Crippen molar-refractivity contribution in [1.82, 2.24) is 14.3 Å². The van der Waals surface area contributed by atoms with Gasteiger partial charge in [0.2, 0.25) is 5.78 Å². The van der Waals surface area contributed by atoms with Crippen molar-refractivity contribution in [2.24, 2.45) is 0 Å². The lowest BCUT2D eigenvalue weighted by molar-refractivity contribution is 0.0479. The van der Waals surface area contributed by atoms with Crippen molar-refractivity contribution >= 4 is 44.9 Å². The molecule has 3 aromatic heterocycles. The summed E-state index contributed by atoms with van der Waals surface area (Å²) in [7, 11) is 1.64. The SMILES string of the molecule is COCCn1c(C)cc(C(=O)COC(=O)c2cc3c(C)nn(-c4cccc(Cl)c4)c3s2)c1C. The second-order valence-electron chi connectivity index (χ2n) is 7.74. The van der Waals surface area contributed by atoms with Crippen LogP contribution in [0.2, 0.25) is 5.02 Å². The number of ether oxygens (including phenoxy) is 2. The molecule has 9 heteroatoms. The van der Waals surface area contributed by atoms with Crippen molar-refractivity contribution in [3.63, 3.8) is 0 Å². The zero-order valence-electron chi connectivity index (χ0n) is 18.8. The van der Waals surface area contributed by atoms with Crippen LogP contribution < -0.4 is 0 Å². The number of hydrogen-bond acceptors (Lipinski definition) is 6. The van der Waals surface area contributed by atoms with Crippen molar-refractivity contribution in [3.05, 3.63) is 68.9 Å². The normalized spacial score (nSPS) is 11.3. The van der Waals surface area contributed by atoms with E-state index in [-0.39, 0.29) is 12.4 Å². The minimum absolute atomic E-state index is 0.234. The molecule has 0 saturated heterocycles. The average molecular weight is 486 g/mol. The number of esters is 1. The number of Topliss-reactive ketones (excluding diaryl/α,β-unsaturated/α-hetero) is 1. The topological polar surface area (TPSA) is 75.3 Å². The van der Waals surface area contributed by atoms with Crippen LogP contribution in [0.15, 0.2) is 36.4 Å². The number of hydrogen-bond donors (Lipinski definition) is 0. The van der Waals surface area contributed by atoms with Crippen LogP contribution in [-0.2, 0) is 16.0 Å². The third-order valence-corrected chi connectivity index (χ3v) is 6.85. The van der Waals surface area contributed by atoms with Gasteiger partial charge >= 0.3 is 5.97 Å². The Kier molecular flexibility index (Phi) is 6.69. The lowest BCUT2D eigenvalue weighted by Crippen LogP contribution is -2.15. The largest absolute Gasteiger partial charge is 0.453 e. The number of halogens is 1. The Morgan fingerprint density at radius 1 is 1.15 bits per heavy atom. The number of carbonyl (C=O) groups is 2. The fraction of sp³-hybridized carbons (Fsp3) is 0.292. The number of nitrogens with zero attached hydrogens (tertiary/aromatic N) is 3. The molecule has 7 nitrogen and oxygen atoms in total. The Morgan fingerprint density at radius 2 is 1.94 bits per heavy atom. The highest BCUT2D eigenvalue weighted by Gasteiger charge is 2.21. The minimum Gasteiger partial charge on any atom is -0.453 e. The van der Waals surface area contributed by atoms with E-state index < -0.39 is 5.97 Å². The molecule has 0 aliphatic carbocycles. The van der Waals surface area contributed by atoms with E-state index in [2.05, 4.69) is 5.10 Å². The highest BCUT2D eigenvalue weighted by Crippen LogP contribution is 2.31. The van der Waals surface area contributed by atoms with Crippen LogP contribution in [0.3, 0.4) is 0 Å². The first-order chi connectivity index (χ1) is 15.8. The van der Waals surface area contributed by atoms with E-state index in [4.69, 9.17) is 21.1 Å². The number of rotatable bonds is 8. The maximum atomic E-state index is 12.7. The van der Waals surface area contributed by atoms with Gasteiger partial charge < -0.3 is 14.0 Å². The second kappa shape index (κ2) is 9.51. The summed E-state index contributed by atoms with van der Waals surface area (Å²) in [6, 6.07) is 10.9. The predicted octanol–water partition coefficient (Wildman–Crippen LogP) is 5.15. The molecule has 33 heavy (non-hydrogen) atoms. The van der Waals surface area contributed by atoms with Crippen LogP contribution in [0, 0.1) is 20.8 Å². The summed E-state index contributed by atoms with van der Waals surface area (Å²) in [5.41, 5.74) is 3.95. The fourth-order valence-corrected chi connectivity index (χ4v) is 5.08. The lowest BCUT2D eigenvalue weighted by Gasteiger charge is -2.09. The third-order valence-electron chi connectivity index (χ3n) is 5.53. The first kappa shape index (κ1) is 23.2. The standard InChI is InChI=1S/C24H24ClN3O4S/c1-14-10-20(16(3)27(14)8-9-31-4)21(29)13-32-24(30)22-12-19-15(2)26-28(23(19)33-22)18-7-5-6-17(25)11-18/h5-7,10-12H,8-9,13H2,1-4H3. The molecule has 0 fully saturated rings. The Labute approximate surface area is 200 Å². The Bertz CT molecular complexity index is 1350. The van der Waals surface area contributed by atoms with Gasteiger partial charge in [-0.1, -0.05) is 17.7 Å². The Balaban J connectivity index is 1.51. The quantitative estimate of drug-likeness (QED) is 0.255. The van der Waals surface area contributed by atoms with E-state index in [0.29, 0.717) is 28.6 Å². The molecule has 0 spiro atoms. The zero-order chi connectivity index (χ0) is 23.7. The number of benzene rings is 1. The van der Waals surface area contributed by atoms with Crippen LogP contribution in [0.4, 0.5) is 0 Å². The summed E-state index contributed by atoms with van der Waals surface area (Å²) in [4.78, 5) is 26.7. The Morgan fingerprint density at radius 3 is 2.67 bits per heavy atom. The van der Waals surface area contributed by atoms with E-state index in [0.717, 1.165) is 33.0 Å². The molecule has 0 aliphatic heterocycles. The first-order valence-corrected chi connectivity index (χ1v) is 11.6. The van der Waals surface area contributed by atoms with E-state index in [1.165, 1.54) is 11.3 Å². The summed E-state index contributed by atoms with van der Waals surface area (Å²) in [5, 5.41) is 6.03. The molecule has 0 unspecified atom stereocenters. The van der Waals surface area contributed by atoms with Crippen molar-refractivity contribution in [1.29, 1.82) is 0 Å². The number of ketones is 1. The third kappa shape index (κ3) is 4.59. The predicted molar refractivity (Wildman–Crippen MR) is 129 cm³/mol. The van der Waals surface area contributed by atoms with Crippen LogP contribution in [0.5, 0.6) is 0 Å². The van der Waals surface area contributed by atoms with Gasteiger partial charge in [0, 0.05) is 41.0 Å². The van der Waals surface area contributed by atoms with Crippen LogP contribution in [-0.4, -0.2) is 46.4 Å². The number of fused-ring (bicyclic) bond motifs is 1. The molecule has 0 saturated carbocycles. The molecule has 0 aliphatic rings. The molecule has 172 valence electrons. The van der Waals surface area contributed by atoms with Gasteiger partial charge in [0.1, 0.15) is 9.71 Å². The van der Waals surface area contributed by atoms with Gasteiger partial charge in [0.05, 0.1) is 18.0 Å². The summed E-state index contributed by atoms with van der Waals surface area (Å²) in [6.45, 7) is 6.60. The summed E-state index contributed by atoms with van der Waals surface area (Å²) < 4.78 is 14.3. The van der Waals surface area contributed by atoms with E-state index in [1.807, 2.05) is 49.6 Å². The Hall–Kier alpha value is -2.94. The van der Waals surface area contributed by atoms with E-state index >= 15 is 0 Å². The minimum atomic E-state index is -0.533. The summed E-state index contributed by atoms with van der Waals surface area (Å²) in [5.74, 6) is -0.766. The fourth-order valence-electron chi connectivity index (χ4n) is 3.82. The van der Waals surface area contributed by atoms with Crippen molar-refractivity contribution < 1.29 is 19.1 Å². The first-order valence-electron chi connectivity index (χ1n) is 10.4. The maximum Gasteiger partial charge on any atom is 0.348 e. The molecule has 4 aromatic rings.